The lowest BCUT2D eigenvalue weighted by Crippen LogP contribution is -2.29. The lowest BCUT2D eigenvalue weighted by atomic mass is 9.67. The summed E-state index contributed by atoms with van der Waals surface area (Å²) in [5, 5.41) is 0. The van der Waals surface area contributed by atoms with Crippen LogP contribution in [-0.2, 0) is 0 Å². The SMILES string of the molecule is CC.CC.CCC1[C@H](C2CC=C3CCCCC3C2)CC[C@@H]1[C@H](C)CCCC(C)C.[HH]. The maximum Gasteiger partial charge on any atom is 0 e. The van der Waals surface area contributed by atoms with Crippen molar-refractivity contribution in [1.29, 1.82) is 0 Å². The molecule has 0 aromatic rings. The lowest BCUT2D eigenvalue weighted by Gasteiger charge is -2.39. The summed E-state index contributed by atoms with van der Waals surface area (Å²) in [6.07, 6.45) is 20.4. The van der Waals surface area contributed by atoms with Crippen molar-refractivity contribution in [2.24, 2.45) is 41.4 Å². The molecule has 6 atom stereocenters. The van der Waals surface area contributed by atoms with Crippen molar-refractivity contribution in [1.82, 2.24) is 0 Å². The Balaban J connectivity index is 0.00000159. The number of allylic oxidation sites excluding steroid dienone is 2. The molecule has 0 radical (unpaired) electrons. The highest BCUT2D eigenvalue weighted by atomic mass is 14.5. The van der Waals surface area contributed by atoms with Crippen LogP contribution in [-0.4, -0.2) is 0 Å². The van der Waals surface area contributed by atoms with E-state index in [1.54, 1.807) is 6.42 Å². The van der Waals surface area contributed by atoms with Crippen LogP contribution in [0.25, 0.3) is 0 Å². The monoisotopic (exact) mass is 406 g/mol. The van der Waals surface area contributed by atoms with Crippen LogP contribution in [0.5, 0.6) is 0 Å². The molecule has 29 heavy (non-hydrogen) atoms. The first-order valence-corrected chi connectivity index (χ1v) is 13.8. The van der Waals surface area contributed by atoms with Crippen LogP contribution in [0, 0.1) is 41.4 Å². The molecule has 2 saturated carbocycles. The molecule has 0 amide bonds. The molecule has 0 aliphatic heterocycles. The Morgan fingerprint density at radius 3 is 2.34 bits per heavy atom. The lowest BCUT2D eigenvalue weighted by molar-refractivity contribution is 0.155. The highest BCUT2D eigenvalue weighted by Gasteiger charge is 2.42. The Labute approximate surface area is 187 Å². The van der Waals surface area contributed by atoms with Gasteiger partial charge in [-0.05, 0) is 86.4 Å². The average Bonchev–Trinajstić information content (AvgIpc) is 3.20. The van der Waals surface area contributed by atoms with E-state index in [-0.39, 0.29) is 1.43 Å². The van der Waals surface area contributed by atoms with Gasteiger partial charge in [0.05, 0.1) is 0 Å². The van der Waals surface area contributed by atoms with Crippen LogP contribution in [0.15, 0.2) is 11.6 Å². The summed E-state index contributed by atoms with van der Waals surface area (Å²) in [6, 6.07) is 0. The zero-order valence-electron chi connectivity index (χ0n) is 21.6. The molecule has 0 bridgehead atoms. The molecule has 3 aliphatic carbocycles. The van der Waals surface area contributed by atoms with Gasteiger partial charge in [0.1, 0.15) is 0 Å². The van der Waals surface area contributed by atoms with Crippen molar-refractivity contribution in [2.75, 3.05) is 0 Å². The Morgan fingerprint density at radius 2 is 1.69 bits per heavy atom. The topological polar surface area (TPSA) is 0 Å². The molecule has 174 valence electrons. The van der Waals surface area contributed by atoms with E-state index >= 15 is 0 Å². The molecule has 0 heteroatoms. The van der Waals surface area contributed by atoms with Crippen molar-refractivity contribution >= 4 is 0 Å². The van der Waals surface area contributed by atoms with Crippen LogP contribution in [0.3, 0.4) is 0 Å². The highest BCUT2D eigenvalue weighted by Crippen LogP contribution is 2.52. The maximum atomic E-state index is 2.70. The van der Waals surface area contributed by atoms with Gasteiger partial charge in [0.2, 0.25) is 0 Å². The molecule has 0 saturated heterocycles. The fourth-order valence-corrected chi connectivity index (χ4v) is 6.85. The quantitative estimate of drug-likeness (QED) is 0.369. The number of hydrogen-bond donors (Lipinski definition) is 0. The second kappa shape index (κ2) is 14.7. The highest BCUT2D eigenvalue weighted by molar-refractivity contribution is 5.14. The maximum absolute atomic E-state index is 2.70. The summed E-state index contributed by atoms with van der Waals surface area (Å²) in [5.74, 6) is 6.93. The largest absolute Gasteiger partial charge is 0.0848 e. The zero-order valence-corrected chi connectivity index (χ0v) is 21.6. The molecule has 0 N–H and O–H groups in total. The van der Waals surface area contributed by atoms with Gasteiger partial charge < -0.3 is 0 Å². The van der Waals surface area contributed by atoms with E-state index in [2.05, 4.69) is 33.8 Å². The van der Waals surface area contributed by atoms with Gasteiger partial charge in [-0.15, -0.1) is 0 Å². The van der Waals surface area contributed by atoms with Gasteiger partial charge in [-0.1, -0.05) is 99.1 Å². The Bertz CT molecular complexity index is 438. The second-order valence-electron chi connectivity index (χ2n) is 10.2. The molecular formula is C29H58. The van der Waals surface area contributed by atoms with Crippen LogP contribution >= 0.6 is 0 Å². The number of hydrogen-bond acceptors (Lipinski definition) is 0. The van der Waals surface area contributed by atoms with E-state index in [4.69, 9.17) is 0 Å². The first kappa shape index (κ1) is 26.8. The van der Waals surface area contributed by atoms with Crippen LogP contribution < -0.4 is 0 Å². The van der Waals surface area contributed by atoms with Gasteiger partial charge in [-0.2, -0.15) is 0 Å². The Kier molecular flexibility index (Phi) is 13.6. The predicted molar refractivity (Wildman–Crippen MR) is 135 cm³/mol. The molecule has 3 unspecified atom stereocenters. The van der Waals surface area contributed by atoms with Gasteiger partial charge in [-0.25, -0.2) is 0 Å². The third-order valence-corrected chi connectivity index (χ3v) is 8.24. The van der Waals surface area contributed by atoms with E-state index < -0.39 is 0 Å². The average molecular weight is 407 g/mol. The molecule has 3 aliphatic rings. The molecular weight excluding hydrogens is 348 g/mol. The normalized spacial score (nSPS) is 32.3. The van der Waals surface area contributed by atoms with Gasteiger partial charge in [0.15, 0.2) is 0 Å². The second-order valence-corrected chi connectivity index (χ2v) is 10.2. The third kappa shape index (κ3) is 7.74. The summed E-state index contributed by atoms with van der Waals surface area (Å²) in [6.45, 7) is 17.8. The van der Waals surface area contributed by atoms with Crippen LogP contribution in [0.4, 0.5) is 0 Å². The van der Waals surface area contributed by atoms with Crippen molar-refractivity contribution in [3.05, 3.63) is 11.6 Å². The van der Waals surface area contributed by atoms with E-state index in [0.29, 0.717) is 0 Å². The van der Waals surface area contributed by atoms with E-state index in [0.717, 1.165) is 41.4 Å². The third-order valence-electron chi connectivity index (χ3n) is 8.24. The van der Waals surface area contributed by atoms with Crippen molar-refractivity contribution in [2.45, 2.75) is 132 Å². The van der Waals surface area contributed by atoms with Gasteiger partial charge in [0.25, 0.3) is 0 Å². The number of fused-ring (bicyclic) bond motifs is 1. The molecule has 3 rings (SSSR count). The minimum atomic E-state index is 0. The van der Waals surface area contributed by atoms with Crippen molar-refractivity contribution in [3.8, 4) is 0 Å². The minimum Gasteiger partial charge on any atom is -0.0848 e. The fraction of sp³-hybridized carbons (Fsp3) is 0.931. The first-order valence-electron chi connectivity index (χ1n) is 13.8. The van der Waals surface area contributed by atoms with Crippen molar-refractivity contribution < 1.29 is 1.43 Å². The summed E-state index contributed by atoms with van der Waals surface area (Å²) in [4.78, 5) is 0. The fourth-order valence-electron chi connectivity index (χ4n) is 6.85. The zero-order chi connectivity index (χ0) is 21.8. The standard InChI is InChI=1S/C25H44.2C2H6.H2/c1-5-23-24(19(4)10-8-9-18(2)3)15-16-25(23)22-14-13-20-11-6-7-12-21(20)17-22;2*1-2;/h13,18-19,21-25H,5-12,14-17H2,1-4H3;2*1-2H3;1H/t19-,21?,22?,23?,24-,25+;;;/m1.../s1. The van der Waals surface area contributed by atoms with Crippen LogP contribution in [0.1, 0.15) is 134 Å². The van der Waals surface area contributed by atoms with Gasteiger partial charge in [0, 0.05) is 1.43 Å². The Hall–Kier alpha value is -0.260. The van der Waals surface area contributed by atoms with E-state index in [9.17, 15) is 0 Å². The van der Waals surface area contributed by atoms with E-state index in [1.165, 1.54) is 70.6 Å². The molecule has 0 aromatic carbocycles. The van der Waals surface area contributed by atoms with Gasteiger partial charge in [-0.3, -0.25) is 0 Å². The molecule has 0 spiro atoms. The smallest absolute Gasteiger partial charge is 0 e. The summed E-state index contributed by atoms with van der Waals surface area (Å²) < 4.78 is 0. The van der Waals surface area contributed by atoms with Gasteiger partial charge >= 0.3 is 0 Å². The summed E-state index contributed by atoms with van der Waals surface area (Å²) >= 11 is 0. The molecule has 2 fully saturated rings. The molecule has 0 heterocycles. The van der Waals surface area contributed by atoms with E-state index in [1.807, 2.05) is 33.3 Å². The summed E-state index contributed by atoms with van der Waals surface area (Å²) in [7, 11) is 0. The predicted octanol–water partition coefficient (Wildman–Crippen LogP) is 10.3. The minimum absolute atomic E-state index is 0. The molecule has 0 aromatic heterocycles. The Morgan fingerprint density at radius 1 is 0.966 bits per heavy atom. The summed E-state index contributed by atoms with van der Waals surface area (Å²) in [5.41, 5.74) is 1.85. The van der Waals surface area contributed by atoms with Crippen LogP contribution in [0.2, 0.25) is 0 Å². The van der Waals surface area contributed by atoms with Crippen molar-refractivity contribution in [3.63, 3.8) is 0 Å². The number of rotatable bonds is 7. The molecule has 0 nitrogen and oxygen atoms in total. The first-order chi connectivity index (χ1) is 14.1.